The maximum atomic E-state index is 12.6. The predicted octanol–water partition coefficient (Wildman–Crippen LogP) is 3.55. The van der Waals surface area contributed by atoms with E-state index in [1.54, 1.807) is 16.0 Å². The first-order valence-corrected chi connectivity index (χ1v) is 9.07. The predicted molar refractivity (Wildman–Crippen MR) is 110 cm³/mol. The molecule has 2 heterocycles. The first-order valence-electron chi connectivity index (χ1n) is 9.07. The summed E-state index contributed by atoms with van der Waals surface area (Å²) in [6.07, 6.45) is 3.62. The average molecular weight is 374 g/mol. The summed E-state index contributed by atoms with van der Waals surface area (Å²) < 4.78 is 9.30. The van der Waals surface area contributed by atoms with Crippen molar-refractivity contribution in [3.63, 3.8) is 0 Å². The molecule has 4 aromatic rings. The van der Waals surface area contributed by atoms with E-state index in [-0.39, 0.29) is 5.69 Å². The van der Waals surface area contributed by atoms with E-state index in [9.17, 15) is 4.79 Å². The molecule has 6 heteroatoms. The van der Waals surface area contributed by atoms with Crippen LogP contribution in [0.25, 0.3) is 16.8 Å². The van der Waals surface area contributed by atoms with E-state index < -0.39 is 0 Å². The highest BCUT2D eigenvalue weighted by atomic mass is 16.5. The fourth-order valence-electron chi connectivity index (χ4n) is 3.23. The topological polar surface area (TPSA) is 51.8 Å². The number of fused-ring (bicyclic) bond motifs is 1. The van der Waals surface area contributed by atoms with E-state index in [1.165, 1.54) is 0 Å². The van der Waals surface area contributed by atoms with Crippen LogP contribution in [-0.2, 0) is 13.6 Å². The van der Waals surface area contributed by atoms with Gasteiger partial charge in [0.15, 0.2) is 5.65 Å². The van der Waals surface area contributed by atoms with Crippen molar-refractivity contribution in [2.75, 3.05) is 14.1 Å². The number of hydrogen-bond acceptors (Lipinski definition) is 4. The summed E-state index contributed by atoms with van der Waals surface area (Å²) in [7, 11) is 5.70. The molecular formula is C22H22N4O2. The van der Waals surface area contributed by atoms with Gasteiger partial charge in [-0.3, -0.25) is 4.40 Å². The van der Waals surface area contributed by atoms with Crippen molar-refractivity contribution in [3.8, 4) is 22.6 Å². The van der Waals surface area contributed by atoms with E-state index in [0.717, 1.165) is 22.6 Å². The lowest BCUT2D eigenvalue weighted by Gasteiger charge is -2.13. The first kappa shape index (κ1) is 18.0. The van der Waals surface area contributed by atoms with Gasteiger partial charge < -0.3 is 14.2 Å². The minimum absolute atomic E-state index is 0.127. The Morgan fingerprint density at radius 1 is 0.964 bits per heavy atom. The van der Waals surface area contributed by atoms with Crippen molar-refractivity contribution in [1.29, 1.82) is 0 Å². The second kappa shape index (κ2) is 7.32. The molecule has 0 saturated heterocycles. The Morgan fingerprint density at radius 2 is 1.68 bits per heavy atom. The number of rotatable bonds is 5. The van der Waals surface area contributed by atoms with Gasteiger partial charge in [0.2, 0.25) is 0 Å². The Bertz CT molecular complexity index is 1180. The number of imidazole rings is 1. The monoisotopic (exact) mass is 374 g/mol. The summed E-state index contributed by atoms with van der Waals surface area (Å²) in [6, 6.07) is 17.4. The van der Waals surface area contributed by atoms with Crippen LogP contribution < -0.4 is 10.4 Å². The molecule has 4 rings (SSSR count). The van der Waals surface area contributed by atoms with Crippen molar-refractivity contribution in [2.45, 2.75) is 6.54 Å². The Kier molecular flexibility index (Phi) is 4.71. The lowest BCUT2D eigenvalue weighted by atomic mass is 10.1. The van der Waals surface area contributed by atoms with Gasteiger partial charge in [-0.2, -0.15) is 0 Å². The van der Waals surface area contributed by atoms with Crippen LogP contribution in [0.2, 0.25) is 0 Å². The van der Waals surface area contributed by atoms with Gasteiger partial charge in [0.25, 0.3) is 0 Å². The Balaban J connectivity index is 1.89. The molecule has 2 aromatic heterocycles. The molecule has 0 aliphatic carbocycles. The molecule has 0 unspecified atom stereocenters. The summed E-state index contributed by atoms with van der Waals surface area (Å²) in [5.41, 5.74) is 3.07. The molecule has 0 radical (unpaired) electrons. The number of para-hydroxylation sites is 2. The third kappa shape index (κ3) is 3.42. The van der Waals surface area contributed by atoms with Crippen LogP contribution in [0.1, 0.15) is 5.69 Å². The minimum atomic E-state index is -0.127. The number of aryl methyl sites for hydroxylation is 1. The summed E-state index contributed by atoms with van der Waals surface area (Å²) in [6.45, 7) is 0.659. The van der Waals surface area contributed by atoms with Crippen LogP contribution in [0.15, 0.2) is 71.8 Å². The van der Waals surface area contributed by atoms with Gasteiger partial charge in [-0.05, 0) is 32.3 Å². The van der Waals surface area contributed by atoms with Crippen LogP contribution in [-0.4, -0.2) is 32.9 Å². The summed E-state index contributed by atoms with van der Waals surface area (Å²) in [4.78, 5) is 19.4. The second-order valence-electron chi connectivity index (χ2n) is 7.01. The molecule has 0 aliphatic rings. The summed E-state index contributed by atoms with van der Waals surface area (Å²) in [5, 5.41) is 0. The van der Waals surface area contributed by atoms with Crippen molar-refractivity contribution in [1.82, 2.24) is 18.9 Å². The molecule has 0 saturated carbocycles. The maximum Gasteiger partial charge on any atom is 0.333 e. The third-order valence-electron chi connectivity index (χ3n) is 4.45. The van der Waals surface area contributed by atoms with Crippen LogP contribution in [0.5, 0.6) is 11.5 Å². The van der Waals surface area contributed by atoms with E-state index in [1.807, 2.05) is 86.0 Å². The zero-order chi connectivity index (χ0) is 19.7. The van der Waals surface area contributed by atoms with E-state index in [0.29, 0.717) is 17.9 Å². The number of hydrogen-bond donors (Lipinski definition) is 0. The van der Waals surface area contributed by atoms with Crippen LogP contribution >= 0.6 is 0 Å². The number of nitrogens with zero attached hydrogens (tertiary/aromatic N) is 4. The summed E-state index contributed by atoms with van der Waals surface area (Å²) in [5.74, 6) is 1.47. The van der Waals surface area contributed by atoms with Crippen molar-refractivity contribution in [3.05, 3.63) is 83.2 Å². The molecule has 0 spiro atoms. The average Bonchev–Trinajstić information content (AvgIpc) is 3.09. The quantitative estimate of drug-likeness (QED) is 0.536. The Labute approximate surface area is 163 Å². The summed E-state index contributed by atoms with van der Waals surface area (Å²) >= 11 is 0. The zero-order valence-electron chi connectivity index (χ0n) is 16.2. The fourth-order valence-corrected chi connectivity index (χ4v) is 3.23. The van der Waals surface area contributed by atoms with E-state index in [2.05, 4.69) is 0 Å². The van der Waals surface area contributed by atoms with Crippen LogP contribution in [0.4, 0.5) is 0 Å². The highest BCUT2D eigenvalue weighted by Crippen LogP contribution is 2.34. The smallest absolute Gasteiger partial charge is 0.333 e. The Morgan fingerprint density at radius 3 is 2.43 bits per heavy atom. The SMILES string of the molecule is CN(C)Cc1cn2c(=O)n(C)cc(-c3ccccc3Oc3ccccc3)c2n1. The molecule has 0 aliphatic heterocycles. The van der Waals surface area contributed by atoms with Gasteiger partial charge >= 0.3 is 5.69 Å². The Hall–Kier alpha value is -3.38. The molecule has 28 heavy (non-hydrogen) atoms. The van der Waals surface area contributed by atoms with Crippen molar-refractivity contribution < 1.29 is 4.74 Å². The molecule has 142 valence electrons. The number of aromatic nitrogens is 3. The molecule has 0 N–H and O–H groups in total. The van der Waals surface area contributed by atoms with Crippen LogP contribution in [0, 0.1) is 0 Å². The van der Waals surface area contributed by atoms with Crippen molar-refractivity contribution >= 4 is 5.65 Å². The van der Waals surface area contributed by atoms with Gasteiger partial charge in [-0.1, -0.05) is 36.4 Å². The highest BCUT2D eigenvalue weighted by molar-refractivity contribution is 5.81. The van der Waals surface area contributed by atoms with Gasteiger partial charge in [0.05, 0.1) is 5.69 Å². The first-order chi connectivity index (χ1) is 13.5. The van der Waals surface area contributed by atoms with E-state index >= 15 is 0 Å². The number of benzene rings is 2. The van der Waals surface area contributed by atoms with Gasteiger partial charge in [0.1, 0.15) is 11.5 Å². The number of ether oxygens (including phenoxy) is 1. The molecule has 2 aromatic carbocycles. The largest absolute Gasteiger partial charge is 0.457 e. The zero-order valence-corrected chi connectivity index (χ0v) is 16.2. The second-order valence-corrected chi connectivity index (χ2v) is 7.01. The standard InChI is InChI=1S/C22H22N4O2/c1-24(2)13-16-14-26-21(23-16)19(15-25(3)22(26)27)18-11-7-8-12-20(18)28-17-9-5-4-6-10-17/h4-12,14-15H,13H2,1-3H3. The van der Waals surface area contributed by atoms with Gasteiger partial charge in [-0.15, -0.1) is 0 Å². The van der Waals surface area contributed by atoms with E-state index in [4.69, 9.17) is 9.72 Å². The molecule has 0 amide bonds. The molecule has 0 fully saturated rings. The van der Waals surface area contributed by atoms with Gasteiger partial charge in [0, 0.05) is 37.1 Å². The molecular weight excluding hydrogens is 352 g/mol. The third-order valence-corrected chi connectivity index (χ3v) is 4.45. The molecule has 6 nitrogen and oxygen atoms in total. The molecule has 0 bridgehead atoms. The van der Waals surface area contributed by atoms with Crippen molar-refractivity contribution in [2.24, 2.45) is 7.05 Å². The van der Waals surface area contributed by atoms with Crippen LogP contribution in [0.3, 0.4) is 0 Å². The van der Waals surface area contributed by atoms with Gasteiger partial charge in [-0.25, -0.2) is 9.78 Å². The molecule has 0 atom stereocenters. The normalized spacial score (nSPS) is 11.3. The maximum absolute atomic E-state index is 12.6. The lowest BCUT2D eigenvalue weighted by Crippen LogP contribution is -2.23. The highest BCUT2D eigenvalue weighted by Gasteiger charge is 2.16. The minimum Gasteiger partial charge on any atom is -0.457 e. The lowest BCUT2D eigenvalue weighted by molar-refractivity contribution is 0.398. The fraction of sp³-hybridized carbons (Fsp3) is 0.182.